The molecule has 2 atom stereocenters. The highest BCUT2D eigenvalue weighted by molar-refractivity contribution is 9.10. The van der Waals surface area contributed by atoms with E-state index in [1.807, 2.05) is 24.3 Å². The van der Waals surface area contributed by atoms with Crippen LogP contribution >= 0.6 is 15.9 Å². The van der Waals surface area contributed by atoms with Crippen molar-refractivity contribution in [3.05, 3.63) is 34.3 Å². The van der Waals surface area contributed by atoms with E-state index in [4.69, 9.17) is 10.5 Å². The lowest BCUT2D eigenvalue weighted by molar-refractivity contribution is 0.0121. The molecule has 15 heavy (non-hydrogen) atoms. The number of nitrogens with one attached hydrogen (secondary N) is 1. The molecule has 2 unspecified atom stereocenters. The molecule has 0 saturated carbocycles. The second-order valence-electron chi connectivity index (χ2n) is 3.66. The van der Waals surface area contributed by atoms with Crippen LogP contribution < -0.4 is 11.1 Å². The number of morpholine rings is 1. The van der Waals surface area contributed by atoms with E-state index in [2.05, 4.69) is 21.2 Å². The van der Waals surface area contributed by atoms with E-state index in [9.17, 15) is 0 Å². The van der Waals surface area contributed by atoms with Gasteiger partial charge in [-0.2, -0.15) is 0 Å². The van der Waals surface area contributed by atoms with E-state index in [0.29, 0.717) is 0 Å². The summed E-state index contributed by atoms with van der Waals surface area (Å²) in [6.45, 7) is 2.48. The maximum absolute atomic E-state index is 6.18. The summed E-state index contributed by atoms with van der Waals surface area (Å²) in [6, 6.07) is 7.95. The molecule has 1 aromatic carbocycles. The molecule has 0 bridgehead atoms. The van der Waals surface area contributed by atoms with Gasteiger partial charge in [-0.25, -0.2) is 0 Å². The summed E-state index contributed by atoms with van der Waals surface area (Å²) in [4.78, 5) is 0. The van der Waals surface area contributed by atoms with Crippen molar-refractivity contribution in [2.75, 3.05) is 19.7 Å². The number of hydrogen-bond acceptors (Lipinski definition) is 3. The van der Waals surface area contributed by atoms with Crippen molar-refractivity contribution in [3.63, 3.8) is 0 Å². The first kappa shape index (κ1) is 11.1. The van der Waals surface area contributed by atoms with Crippen LogP contribution in [0.5, 0.6) is 0 Å². The van der Waals surface area contributed by atoms with Gasteiger partial charge in [0.2, 0.25) is 0 Å². The first-order chi connectivity index (χ1) is 7.29. The van der Waals surface area contributed by atoms with E-state index >= 15 is 0 Å². The number of nitrogens with two attached hydrogens (primary N) is 1. The maximum Gasteiger partial charge on any atom is 0.0892 e. The molecule has 0 spiro atoms. The minimum absolute atomic E-state index is 0.0671. The Bertz CT molecular complexity index is 326. The molecule has 1 fully saturated rings. The Kier molecular flexibility index (Phi) is 3.75. The lowest BCUT2D eigenvalue weighted by atomic mass is 10.0. The summed E-state index contributed by atoms with van der Waals surface area (Å²) in [7, 11) is 0. The second-order valence-corrected chi connectivity index (χ2v) is 4.51. The van der Waals surface area contributed by atoms with Gasteiger partial charge in [0, 0.05) is 17.6 Å². The Morgan fingerprint density at radius 1 is 1.47 bits per heavy atom. The molecule has 1 heterocycles. The van der Waals surface area contributed by atoms with Crippen molar-refractivity contribution in [3.8, 4) is 0 Å². The molecule has 1 aliphatic rings. The van der Waals surface area contributed by atoms with Gasteiger partial charge in [0.25, 0.3) is 0 Å². The largest absolute Gasteiger partial charge is 0.374 e. The third-order valence-electron chi connectivity index (χ3n) is 2.62. The van der Waals surface area contributed by atoms with Crippen LogP contribution in [0.2, 0.25) is 0 Å². The third kappa shape index (κ3) is 2.58. The average Bonchev–Trinajstić information content (AvgIpc) is 2.30. The second kappa shape index (κ2) is 5.07. The Morgan fingerprint density at radius 3 is 2.93 bits per heavy atom. The normalized spacial score (nSPS) is 23.7. The zero-order valence-electron chi connectivity index (χ0n) is 8.45. The zero-order valence-corrected chi connectivity index (χ0v) is 10.0. The minimum Gasteiger partial charge on any atom is -0.374 e. The molecule has 0 amide bonds. The van der Waals surface area contributed by atoms with Gasteiger partial charge in [-0.15, -0.1) is 0 Å². The average molecular weight is 271 g/mol. The van der Waals surface area contributed by atoms with Crippen LogP contribution in [0.25, 0.3) is 0 Å². The van der Waals surface area contributed by atoms with Crippen LogP contribution in [0.4, 0.5) is 0 Å². The molecule has 1 saturated heterocycles. The molecule has 4 heteroatoms. The van der Waals surface area contributed by atoms with Crippen molar-refractivity contribution in [1.82, 2.24) is 5.32 Å². The summed E-state index contributed by atoms with van der Waals surface area (Å²) >= 11 is 3.51. The Morgan fingerprint density at radius 2 is 2.27 bits per heavy atom. The fourth-order valence-electron chi connectivity index (χ4n) is 1.76. The van der Waals surface area contributed by atoms with E-state index in [1.54, 1.807) is 0 Å². The van der Waals surface area contributed by atoms with E-state index < -0.39 is 0 Å². The number of hydrogen-bond donors (Lipinski definition) is 2. The summed E-state index contributed by atoms with van der Waals surface area (Å²) in [5.74, 6) is 0. The monoisotopic (exact) mass is 270 g/mol. The molecule has 3 nitrogen and oxygen atoms in total. The topological polar surface area (TPSA) is 47.3 Å². The highest BCUT2D eigenvalue weighted by atomic mass is 79.9. The van der Waals surface area contributed by atoms with Crippen molar-refractivity contribution < 1.29 is 4.74 Å². The summed E-state index contributed by atoms with van der Waals surface area (Å²) in [5.41, 5.74) is 7.28. The van der Waals surface area contributed by atoms with Gasteiger partial charge in [-0.3, -0.25) is 0 Å². The molecule has 0 radical (unpaired) electrons. The zero-order chi connectivity index (χ0) is 10.7. The highest BCUT2D eigenvalue weighted by Crippen LogP contribution is 2.25. The fraction of sp³-hybridized carbons (Fsp3) is 0.455. The van der Waals surface area contributed by atoms with Crippen molar-refractivity contribution in [2.45, 2.75) is 12.1 Å². The Balaban J connectivity index is 2.12. The van der Waals surface area contributed by atoms with Gasteiger partial charge >= 0.3 is 0 Å². The standard InChI is InChI=1S/C11H15BrN2O/c12-9-4-2-1-3-8(9)11(13)10-7-14-5-6-15-10/h1-4,10-11,14H,5-7,13H2. The van der Waals surface area contributed by atoms with Gasteiger partial charge in [-0.1, -0.05) is 34.1 Å². The molecule has 1 aliphatic heterocycles. The smallest absolute Gasteiger partial charge is 0.0892 e. The number of halogens is 1. The van der Waals surface area contributed by atoms with Crippen molar-refractivity contribution in [2.24, 2.45) is 5.73 Å². The molecule has 0 aromatic heterocycles. The lowest BCUT2D eigenvalue weighted by Crippen LogP contribution is -2.44. The lowest BCUT2D eigenvalue weighted by Gasteiger charge is -2.29. The van der Waals surface area contributed by atoms with Crippen LogP contribution in [0.3, 0.4) is 0 Å². The maximum atomic E-state index is 6.18. The first-order valence-electron chi connectivity index (χ1n) is 5.11. The Hall–Kier alpha value is -0.420. The molecule has 3 N–H and O–H groups in total. The first-order valence-corrected chi connectivity index (χ1v) is 5.90. The van der Waals surface area contributed by atoms with Gasteiger partial charge in [-0.05, 0) is 11.6 Å². The summed E-state index contributed by atoms with van der Waals surface area (Å²) < 4.78 is 6.69. The molecular weight excluding hydrogens is 256 g/mol. The molecule has 82 valence electrons. The van der Waals surface area contributed by atoms with Crippen LogP contribution in [0, 0.1) is 0 Å². The number of benzene rings is 1. The molecule has 0 aliphatic carbocycles. The SMILES string of the molecule is NC(c1ccccc1Br)C1CNCCO1. The number of ether oxygens (including phenoxy) is 1. The van der Waals surface area contributed by atoms with Crippen LogP contribution in [-0.4, -0.2) is 25.8 Å². The summed E-state index contributed by atoms with van der Waals surface area (Å²) in [6.07, 6.45) is 0.0671. The van der Waals surface area contributed by atoms with E-state index in [-0.39, 0.29) is 12.1 Å². The van der Waals surface area contributed by atoms with Gasteiger partial charge in [0.05, 0.1) is 18.8 Å². The van der Waals surface area contributed by atoms with Crippen LogP contribution in [0.15, 0.2) is 28.7 Å². The Labute approximate surface area is 98.1 Å². The number of rotatable bonds is 2. The van der Waals surface area contributed by atoms with Gasteiger partial charge < -0.3 is 15.8 Å². The van der Waals surface area contributed by atoms with Crippen LogP contribution in [-0.2, 0) is 4.74 Å². The van der Waals surface area contributed by atoms with Crippen LogP contribution in [0.1, 0.15) is 11.6 Å². The third-order valence-corrected chi connectivity index (χ3v) is 3.34. The predicted molar refractivity (Wildman–Crippen MR) is 63.7 cm³/mol. The van der Waals surface area contributed by atoms with Crippen molar-refractivity contribution in [1.29, 1.82) is 0 Å². The van der Waals surface area contributed by atoms with E-state index in [1.165, 1.54) is 0 Å². The molecular formula is C11H15BrN2O. The van der Waals surface area contributed by atoms with Gasteiger partial charge in [0.15, 0.2) is 0 Å². The quantitative estimate of drug-likeness (QED) is 0.855. The summed E-state index contributed by atoms with van der Waals surface area (Å²) in [5, 5.41) is 3.28. The fourth-order valence-corrected chi connectivity index (χ4v) is 2.31. The molecule has 1 aromatic rings. The highest BCUT2D eigenvalue weighted by Gasteiger charge is 2.23. The van der Waals surface area contributed by atoms with Crippen molar-refractivity contribution >= 4 is 15.9 Å². The minimum atomic E-state index is -0.0756. The van der Waals surface area contributed by atoms with Gasteiger partial charge in [0.1, 0.15) is 0 Å². The molecule has 2 rings (SSSR count). The van der Waals surface area contributed by atoms with E-state index in [0.717, 1.165) is 29.7 Å². The predicted octanol–water partition coefficient (Wildman–Crippen LogP) is 1.44.